The highest BCUT2D eigenvalue weighted by atomic mass is 16.5. The summed E-state index contributed by atoms with van der Waals surface area (Å²) in [6.07, 6.45) is 6.36. The van der Waals surface area contributed by atoms with Gasteiger partial charge in [-0.25, -0.2) is 0 Å². The maximum atomic E-state index is 6.35. The van der Waals surface area contributed by atoms with Crippen LogP contribution in [0.4, 0.5) is 0 Å². The van der Waals surface area contributed by atoms with Gasteiger partial charge < -0.3 is 15.0 Å². The van der Waals surface area contributed by atoms with Gasteiger partial charge in [0.15, 0.2) is 0 Å². The molecule has 1 aromatic carbocycles. The van der Waals surface area contributed by atoms with Gasteiger partial charge in [0.05, 0.1) is 6.10 Å². The Hall–Kier alpha value is -0.900. The van der Waals surface area contributed by atoms with E-state index in [0.29, 0.717) is 6.04 Å². The Morgan fingerprint density at radius 2 is 2.18 bits per heavy atom. The molecule has 0 aromatic heterocycles. The van der Waals surface area contributed by atoms with Gasteiger partial charge in [0, 0.05) is 24.6 Å². The number of hydrogen-bond donors (Lipinski definition) is 1. The van der Waals surface area contributed by atoms with Gasteiger partial charge in [-0.2, -0.15) is 0 Å². The SMILES string of the molecule is CCOC(C1CCCN1)C1(c2ccccc2)[CH]CN(C)CC1. The quantitative estimate of drug-likeness (QED) is 0.905. The molecule has 2 fully saturated rings. The zero-order valence-corrected chi connectivity index (χ0v) is 13.9. The van der Waals surface area contributed by atoms with Gasteiger partial charge >= 0.3 is 0 Å². The van der Waals surface area contributed by atoms with Crippen LogP contribution in [0.25, 0.3) is 0 Å². The number of piperidine rings is 1. The Kier molecular flexibility index (Phi) is 5.17. The van der Waals surface area contributed by atoms with Crippen LogP contribution in [0.2, 0.25) is 0 Å². The zero-order chi connectivity index (χ0) is 15.4. The van der Waals surface area contributed by atoms with E-state index in [2.05, 4.69) is 60.9 Å². The van der Waals surface area contributed by atoms with E-state index in [1.165, 1.54) is 18.4 Å². The minimum Gasteiger partial charge on any atom is -0.376 e. The normalized spacial score (nSPS) is 26.9. The van der Waals surface area contributed by atoms with Crippen LogP contribution in [0, 0.1) is 6.42 Å². The molecule has 121 valence electrons. The molecule has 3 unspecified atom stereocenters. The third kappa shape index (κ3) is 3.08. The molecule has 2 saturated heterocycles. The van der Waals surface area contributed by atoms with Crippen molar-refractivity contribution < 1.29 is 4.74 Å². The van der Waals surface area contributed by atoms with Crippen LogP contribution in [0.3, 0.4) is 0 Å². The fourth-order valence-corrected chi connectivity index (χ4v) is 4.09. The van der Waals surface area contributed by atoms with Crippen molar-refractivity contribution in [3.05, 3.63) is 42.3 Å². The molecule has 22 heavy (non-hydrogen) atoms. The molecule has 3 heteroatoms. The van der Waals surface area contributed by atoms with E-state index >= 15 is 0 Å². The van der Waals surface area contributed by atoms with Crippen molar-refractivity contribution in [1.29, 1.82) is 0 Å². The predicted molar refractivity (Wildman–Crippen MR) is 91.0 cm³/mol. The van der Waals surface area contributed by atoms with E-state index in [0.717, 1.165) is 32.7 Å². The number of nitrogens with one attached hydrogen (secondary N) is 1. The first kappa shape index (κ1) is 16.0. The van der Waals surface area contributed by atoms with Crippen molar-refractivity contribution in [3.63, 3.8) is 0 Å². The second-order valence-electron chi connectivity index (χ2n) is 6.70. The molecule has 3 atom stereocenters. The smallest absolute Gasteiger partial charge is 0.0827 e. The number of hydrogen-bond acceptors (Lipinski definition) is 3. The molecule has 2 aliphatic heterocycles. The van der Waals surface area contributed by atoms with Crippen LogP contribution >= 0.6 is 0 Å². The summed E-state index contributed by atoms with van der Waals surface area (Å²) in [5, 5.41) is 3.69. The van der Waals surface area contributed by atoms with Crippen molar-refractivity contribution in [1.82, 2.24) is 10.2 Å². The summed E-state index contributed by atoms with van der Waals surface area (Å²) >= 11 is 0. The molecule has 0 aliphatic carbocycles. The zero-order valence-electron chi connectivity index (χ0n) is 13.9. The van der Waals surface area contributed by atoms with Gasteiger partial charge in [0.2, 0.25) is 0 Å². The molecule has 2 aliphatic rings. The van der Waals surface area contributed by atoms with Crippen molar-refractivity contribution in [3.8, 4) is 0 Å². The predicted octanol–water partition coefficient (Wildman–Crippen LogP) is 2.62. The molecule has 1 radical (unpaired) electrons. The van der Waals surface area contributed by atoms with E-state index in [-0.39, 0.29) is 11.5 Å². The average molecular weight is 301 g/mol. The van der Waals surface area contributed by atoms with Crippen LogP contribution in [0.1, 0.15) is 31.7 Å². The lowest BCUT2D eigenvalue weighted by Gasteiger charge is -2.48. The number of ether oxygens (including phenoxy) is 1. The van der Waals surface area contributed by atoms with E-state index in [1.54, 1.807) is 0 Å². The number of benzene rings is 1. The number of nitrogens with zero attached hydrogens (tertiary/aromatic N) is 1. The first-order chi connectivity index (χ1) is 10.8. The summed E-state index contributed by atoms with van der Waals surface area (Å²) in [6.45, 7) is 6.18. The molecule has 0 spiro atoms. The average Bonchev–Trinajstić information content (AvgIpc) is 3.09. The third-order valence-corrected chi connectivity index (χ3v) is 5.30. The van der Waals surface area contributed by atoms with Gasteiger partial charge in [-0.15, -0.1) is 0 Å². The second kappa shape index (κ2) is 7.12. The Balaban J connectivity index is 1.95. The van der Waals surface area contributed by atoms with Gasteiger partial charge in [-0.1, -0.05) is 30.3 Å². The summed E-state index contributed by atoms with van der Waals surface area (Å²) in [7, 11) is 2.20. The van der Waals surface area contributed by atoms with Gasteiger partial charge in [0.1, 0.15) is 0 Å². The standard InChI is InChI=1S/C19H29N2O/c1-3-22-18(17-10-7-13-20-17)19(11-14-21(2)15-12-19)16-8-5-4-6-9-16/h4-6,8-9,11,17-18,20H,3,7,10,12-15H2,1-2H3. The maximum Gasteiger partial charge on any atom is 0.0827 e. The topological polar surface area (TPSA) is 24.5 Å². The van der Waals surface area contributed by atoms with Crippen LogP contribution in [0.15, 0.2) is 30.3 Å². The highest BCUT2D eigenvalue weighted by Crippen LogP contribution is 2.41. The van der Waals surface area contributed by atoms with Crippen LogP contribution in [0.5, 0.6) is 0 Å². The fraction of sp³-hybridized carbons (Fsp3) is 0.632. The Morgan fingerprint density at radius 1 is 1.36 bits per heavy atom. The highest BCUT2D eigenvalue weighted by molar-refractivity contribution is 5.33. The minimum atomic E-state index is 0.0335. The fourth-order valence-electron chi connectivity index (χ4n) is 4.09. The van der Waals surface area contributed by atoms with E-state index in [4.69, 9.17) is 4.74 Å². The van der Waals surface area contributed by atoms with Gasteiger partial charge in [-0.3, -0.25) is 0 Å². The van der Waals surface area contributed by atoms with Crippen molar-refractivity contribution in [2.45, 2.75) is 43.7 Å². The molecule has 1 aromatic rings. The first-order valence-corrected chi connectivity index (χ1v) is 8.69. The van der Waals surface area contributed by atoms with Crippen LogP contribution in [-0.2, 0) is 10.2 Å². The van der Waals surface area contributed by atoms with Crippen LogP contribution < -0.4 is 5.32 Å². The van der Waals surface area contributed by atoms with Crippen LogP contribution in [-0.4, -0.2) is 50.3 Å². The molecular formula is C19H29N2O. The van der Waals surface area contributed by atoms with Crippen molar-refractivity contribution in [2.24, 2.45) is 0 Å². The summed E-state index contributed by atoms with van der Waals surface area (Å²) in [6, 6.07) is 11.5. The van der Waals surface area contributed by atoms with Gasteiger partial charge in [-0.05, 0) is 58.3 Å². The summed E-state index contributed by atoms with van der Waals surface area (Å²) < 4.78 is 6.35. The molecule has 3 nitrogen and oxygen atoms in total. The lowest BCUT2D eigenvalue weighted by atomic mass is 9.66. The lowest BCUT2D eigenvalue weighted by molar-refractivity contribution is -0.0221. The molecule has 3 rings (SSSR count). The number of likely N-dealkylation sites (tertiary alicyclic amines) is 1. The van der Waals surface area contributed by atoms with Gasteiger partial charge in [0.25, 0.3) is 0 Å². The third-order valence-electron chi connectivity index (χ3n) is 5.30. The van der Waals surface area contributed by atoms with E-state index < -0.39 is 0 Å². The van der Waals surface area contributed by atoms with Crippen molar-refractivity contribution in [2.75, 3.05) is 33.3 Å². The molecule has 0 amide bonds. The lowest BCUT2D eigenvalue weighted by Crippen LogP contribution is -2.56. The maximum absolute atomic E-state index is 6.35. The van der Waals surface area contributed by atoms with Crippen molar-refractivity contribution >= 4 is 0 Å². The van der Waals surface area contributed by atoms with E-state index in [9.17, 15) is 0 Å². The first-order valence-electron chi connectivity index (χ1n) is 8.69. The van der Waals surface area contributed by atoms with E-state index in [1.807, 2.05) is 0 Å². The number of rotatable bonds is 5. The highest BCUT2D eigenvalue weighted by Gasteiger charge is 2.47. The summed E-state index contributed by atoms with van der Waals surface area (Å²) in [5.41, 5.74) is 1.45. The summed E-state index contributed by atoms with van der Waals surface area (Å²) in [5.74, 6) is 0. The minimum absolute atomic E-state index is 0.0335. The molecule has 1 N–H and O–H groups in total. The second-order valence-corrected chi connectivity index (χ2v) is 6.70. The Bertz CT molecular complexity index is 448. The Morgan fingerprint density at radius 3 is 2.77 bits per heavy atom. The molecule has 0 bridgehead atoms. The largest absolute Gasteiger partial charge is 0.376 e. The molecule has 2 heterocycles. The molecular weight excluding hydrogens is 272 g/mol. The Labute approximate surface area is 135 Å². The summed E-state index contributed by atoms with van der Waals surface area (Å²) in [4.78, 5) is 2.40. The monoisotopic (exact) mass is 301 g/mol. The molecule has 0 saturated carbocycles.